The van der Waals surface area contributed by atoms with E-state index >= 15 is 0 Å². The molecule has 1 fully saturated rings. The van der Waals surface area contributed by atoms with Crippen LogP contribution in [-0.4, -0.2) is 58.4 Å². The van der Waals surface area contributed by atoms with Crippen LogP contribution in [0.2, 0.25) is 0 Å². The minimum absolute atomic E-state index is 0.0452. The Morgan fingerprint density at radius 3 is 2.70 bits per heavy atom. The van der Waals surface area contributed by atoms with E-state index in [-0.39, 0.29) is 11.8 Å². The number of nitrogens with zero attached hydrogens (tertiary/aromatic N) is 1. The zero-order valence-electron chi connectivity index (χ0n) is 11.8. The van der Waals surface area contributed by atoms with E-state index < -0.39 is 12.0 Å². The first-order valence-corrected chi connectivity index (χ1v) is 8.02. The van der Waals surface area contributed by atoms with E-state index in [0.29, 0.717) is 25.3 Å². The van der Waals surface area contributed by atoms with E-state index in [1.165, 1.54) is 11.8 Å². The second-order valence-electron chi connectivity index (χ2n) is 4.81. The lowest BCUT2D eigenvalue weighted by atomic mass is 10.1. The molecular weight excluding hydrogens is 280 g/mol. The van der Waals surface area contributed by atoms with Crippen molar-refractivity contribution in [1.82, 2.24) is 10.2 Å². The molecule has 1 saturated heterocycles. The summed E-state index contributed by atoms with van der Waals surface area (Å²) in [5, 5.41) is 11.8. The van der Waals surface area contributed by atoms with E-state index in [4.69, 9.17) is 5.11 Å². The Labute approximate surface area is 123 Å². The highest BCUT2D eigenvalue weighted by Gasteiger charge is 2.31. The Bertz CT molecular complexity index is 362. The van der Waals surface area contributed by atoms with Crippen LogP contribution in [0.15, 0.2) is 0 Å². The molecule has 0 aromatic rings. The van der Waals surface area contributed by atoms with Gasteiger partial charge in [-0.2, -0.15) is 11.8 Å². The van der Waals surface area contributed by atoms with Gasteiger partial charge in [0.25, 0.3) is 0 Å². The lowest BCUT2D eigenvalue weighted by molar-refractivity contribution is -0.149. The molecule has 1 unspecified atom stereocenters. The first-order valence-electron chi connectivity index (χ1n) is 6.87. The number of rotatable bonds is 7. The number of unbranched alkanes of at least 4 members (excludes halogenated alkanes) is 2. The van der Waals surface area contributed by atoms with Crippen LogP contribution in [0.3, 0.4) is 0 Å². The van der Waals surface area contributed by atoms with Gasteiger partial charge < -0.3 is 15.3 Å². The average molecular weight is 302 g/mol. The van der Waals surface area contributed by atoms with Crippen molar-refractivity contribution in [2.75, 3.05) is 24.6 Å². The number of carboxylic acid groups (broad SMARTS) is 1. The van der Waals surface area contributed by atoms with Crippen molar-refractivity contribution >= 4 is 29.5 Å². The second kappa shape index (κ2) is 8.84. The molecule has 1 atom stereocenters. The van der Waals surface area contributed by atoms with E-state index in [2.05, 4.69) is 5.32 Å². The van der Waals surface area contributed by atoms with Crippen LogP contribution in [-0.2, 0) is 14.4 Å². The molecule has 0 aliphatic carbocycles. The predicted molar refractivity (Wildman–Crippen MR) is 77.6 cm³/mol. The van der Waals surface area contributed by atoms with Gasteiger partial charge in [0.15, 0.2) is 0 Å². The zero-order valence-corrected chi connectivity index (χ0v) is 12.6. The summed E-state index contributed by atoms with van der Waals surface area (Å²) in [6.45, 7) is 2.62. The molecule has 0 aromatic heterocycles. The lowest BCUT2D eigenvalue weighted by Crippen LogP contribution is -2.50. The Balaban J connectivity index is 2.23. The second-order valence-corrected chi connectivity index (χ2v) is 5.96. The molecule has 1 aliphatic heterocycles. The molecule has 20 heavy (non-hydrogen) atoms. The molecular formula is C13H22N2O4S. The predicted octanol–water partition coefficient (Wildman–Crippen LogP) is 0.712. The molecule has 0 radical (unpaired) electrons. The number of hydrogen-bond acceptors (Lipinski definition) is 4. The summed E-state index contributed by atoms with van der Waals surface area (Å²) in [6.07, 6.45) is 2.81. The Morgan fingerprint density at radius 1 is 1.30 bits per heavy atom. The fourth-order valence-corrected chi connectivity index (χ4v) is 3.13. The van der Waals surface area contributed by atoms with Crippen LogP contribution in [0.5, 0.6) is 0 Å². The zero-order chi connectivity index (χ0) is 15.0. The van der Waals surface area contributed by atoms with Gasteiger partial charge in [0, 0.05) is 37.9 Å². The fraction of sp³-hybridized carbons (Fsp3) is 0.769. The molecule has 1 rings (SSSR count). The molecule has 2 amide bonds. The van der Waals surface area contributed by atoms with Gasteiger partial charge in [-0.3, -0.25) is 9.59 Å². The summed E-state index contributed by atoms with van der Waals surface area (Å²) in [4.78, 5) is 35.3. The smallest absolute Gasteiger partial charge is 0.327 e. The van der Waals surface area contributed by atoms with Crippen molar-refractivity contribution in [3.05, 3.63) is 0 Å². The minimum atomic E-state index is -0.920. The molecule has 1 aliphatic rings. The van der Waals surface area contributed by atoms with Crippen LogP contribution in [0, 0.1) is 0 Å². The van der Waals surface area contributed by atoms with Crippen molar-refractivity contribution in [2.45, 2.75) is 38.6 Å². The van der Waals surface area contributed by atoms with Crippen LogP contribution in [0.1, 0.15) is 32.6 Å². The number of aliphatic carboxylic acids is 1. The molecule has 7 heteroatoms. The van der Waals surface area contributed by atoms with Crippen molar-refractivity contribution in [2.24, 2.45) is 0 Å². The maximum Gasteiger partial charge on any atom is 0.327 e. The third-order valence-electron chi connectivity index (χ3n) is 3.18. The van der Waals surface area contributed by atoms with Gasteiger partial charge in [-0.25, -0.2) is 4.79 Å². The Kier molecular flexibility index (Phi) is 7.43. The summed E-state index contributed by atoms with van der Waals surface area (Å²) < 4.78 is 0. The number of thioether (sulfide) groups is 1. The molecule has 0 spiro atoms. The normalized spacial score (nSPS) is 18.6. The first-order chi connectivity index (χ1) is 9.52. The highest BCUT2D eigenvalue weighted by Crippen LogP contribution is 2.18. The van der Waals surface area contributed by atoms with Crippen LogP contribution >= 0.6 is 11.8 Å². The third-order valence-corrected chi connectivity index (χ3v) is 4.20. The quantitative estimate of drug-likeness (QED) is 0.676. The van der Waals surface area contributed by atoms with Crippen molar-refractivity contribution in [3.8, 4) is 0 Å². The molecule has 0 bridgehead atoms. The monoisotopic (exact) mass is 302 g/mol. The van der Waals surface area contributed by atoms with Gasteiger partial charge >= 0.3 is 5.97 Å². The number of amides is 2. The van der Waals surface area contributed by atoms with Crippen LogP contribution < -0.4 is 5.32 Å². The molecule has 6 nitrogen and oxygen atoms in total. The minimum Gasteiger partial charge on any atom is -0.480 e. The molecule has 0 aromatic carbocycles. The largest absolute Gasteiger partial charge is 0.480 e. The van der Waals surface area contributed by atoms with Gasteiger partial charge in [0.05, 0.1) is 0 Å². The highest BCUT2D eigenvalue weighted by molar-refractivity contribution is 7.99. The van der Waals surface area contributed by atoms with Gasteiger partial charge in [0.2, 0.25) is 11.8 Å². The van der Waals surface area contributed by atoms with Crippen molar-refractivity contribution in [3.63, 3.8) is 0 Å². The van der Waals surface area contributed by atoms with Gasteiger partial charge in [-0.1, -0.05) is 6.42 Å². The average Bonchev–Trinajstić information content (AvgIpc) is 2.42. The van der Waals surface area contributed by atoms with E-state index in [1.807, 2.05) is 0 Å². The number of carbonyl (C=O) groups is 3. The topological polar surface area (TPSA) is 86.7 Å². The van der Waals surface area contributed by atoms with Crippen molar-refractivity contribution < 1.29 is 19.5 Å². The summed E-state index contributed by atoms with van der Waals surface area (Å²) in [5.41, 5.74) is 0. The van der Waals surface area contributed by atoms with E-state index in [0.717, 1.165) is 25.0 Å². The Morgan fingerprint density at radius 2 is 2.05 bits per heavy atom. The SMILES string of the molecule is CC(=O)NCCCCCC(=O)N1CCSCC1C(=O)O. The highest BCUT2D eigenvalue weighted by atomic mass is 32.2. The van der Waals surface area contributed by atoms with Gasteiger partial charge in [-0.15, -0.1) is 0 Å². The number of carbonyl (C=O) groups excluding carboxylic acids is 2. The molecule has 114 valence electrons. The summed E-state index contributed by atoms with van der Waals surface area (Å²) in [5.74, 6) is 0.242. The number of hydrogen-bond donors (Lipinski definition) is 2. The lowest BCUT2D eigenvalue weighted by Gasteiger charge is -2.32. The van der Waals surface area contributed by atoms with E-state index in [1.54, 1.807) is 11.8 Å². The summed E-state index contributed by atoms with van der Waals surface area (Å²) in [7, 11) is 0. The van der Waals surface area contributed by atoms with Gasteiger partial charge in [-0.05, 0) is 12.8 Å². The Hall–Kier alpha value is -1.24. The van der Waals surface area contributed by atoms with Crippen LogP contribution in [0.25, 0.3) is 0 Å². The summed E-state index contributed by atoms with van der Waals surface area (Å²) >= 11 is 1.58. The maximum absolute atomic E-state index is 12.0. The molecule has 1 heterocycles. The standard InChI is InChI=1S/C13H22N2O4S/c1-10(16)14-6-4-2-3-5-12(17)15-7-8-20-9-11(15)13(18)19/h11H,2-9H2,1H3,(H,14,16)(H,18,19). The molecule has 0 saturated carbocycles. The molecule has 2 N–H and O–H groups in total. The number of nitrogens with one attached hydrogen (secondary N) is 1. The van der Waals surface area contributed by atoms with Gasteiger partial charge in [0.1, 0.15) is 6.04 Å². The van der Waals surface area contributed by atoms with Crippen LogP contribution in [0.4, 0.5) is 0 Å². The third kappa shape index (κ3) is 5.81. The number of carboxylic acids is 1. The first kappa shape index (κ1) is 16.8. The maximum atomic E-state index is 12.0. The van der Waals surface area contributed by atoms with Crippen molar-refractivity contribution in [1.29, 1.82) is 0 Å². The summed E-state index contributed by atoms with van der Waals surface area (Å²) in [6, 6.07) is -0.680. The fourth-order valence-electron chi connectivity index (χ4n) is 2.09. The van der Waals surface area contributed by atoms with E-state index in [9.17, 15) is 14.4 Å².